The Hall–Kier alpha value is -2.62. The summed E-state index contributed by atoms with van der Waals surface area (Å²) in [6, 6.07) is 15.4. The van der Waals surface area contributed by atoms with Gasteiger partial charge in [0.1, 0.15) is 12.2 Å². The van der Waals surface area contributed by atoms with E-state index in [-0.39, 0.29) is 24.1 Å². The van der Waals surface area contributed by atoms with E-state index in [4.69, 9.17) is 9.47 Å². The van der Waals surface area contributed by atoms with E-state index in [0.29, 0.717) is 24.0 Å². The second kappa shape index (κ2) is 14.1. The minimum atomic E-state index is -0.545. The lowest BCUT2D eigenvalue weighted by Gasteiger charge is -2.39. The fourth-order valence-electron chi connectivity index (χ4n) is 4.50. The van der Waals surface area contributed by atoms with Crippen LogP contribution in [-0.4, -0.2) is 24.1 Å². The highest BCUT2D eigenvalue weighted by atomic mass is 16.6. The summed E-state index contributed by atoms with van der Waals surface area (Å²) in [5.74, 6) is -0.674. The first kappa shape index (κ1) is 28.6. The molecule has 2 atom stereocenters. The second-order valence-corrected chi connectivity index (χ2v) is 10.0. The third kappa shape index (κ3) is 8.23. The van der Waals surface area contributed by atoms with E-state index >= 15 is 0 Å². The number of unbranched alkanes of at least 4 members (excludes halogenated alkanes) is 2. The largest absolute Gasteiger partial charge is 0.458 e. The van der Waals surface area contributed by atoms with Crippen molar-refractivity contribution in [3.05, 3.63) is 70.8 Å². The van der Waals surface area contributed by atoms with Crippen LogP contribution in [0, 0.1) is 5.41 Å². The van der Waals surface area contributed by atoms with Crippen molar-refractivity contribution in [1.82, 2.24) is 0 Å². The summed E-state index contributed by atoms with van der Waals surface area (Å²) in [7, 11) is 0. The van der Waals surface area contributed by atoms with E-state index in [9.17, 15) is 9.59 Å². The molecule has 2 aromatic carbocycles. The number of aryl methyl sites for hydroxylation is 2. The fraction of sp³-hybridized carbons (Fsp3) is 0.548. The minimum Gasteiger partial charge on any atom is -0.458 e. The Morgan fingerprint density at radius 1 is 0.657 bits per heavy atom. The van der Waals surface area contributed by atoms with E-state index in [1.54, 1.807) is 0 Å². The maximum atomic E-state index is 12.9. The van der Waals surface area contributed by atoms with Gasteiger partial charge < -0.3 is 9.47 Å². The average molecular weight is 481 g/mol. The molecule has 0 saturated carbocycles. The number of hydrogen-bond donors (Lipinski definition) is 0. The van der Waals surface area contributed by atoms with Crippen molar-refractivity contribution in [1.29, 1.82) is 0 Å². The zero-order valence-electron chi connectivity index (χ0n) is 22.6. The number of rotatable bonds is 14. The van der Waals surface area contributed by atoms with Crippen LogP contribution in [0.5, 0.6) is 0 Å². The third-order valence-corrected chi connectivity index (χ3v) is 6.92. The minimum absolute atomic E-state index is 0.337. The molecular formula is C31H44O4. The first-order valence-corrected chi connectivity index (χ1v) is 13.4. The van der Waals surface area contributed by atoms with Crippen LogP contribution in [0.25, 0.3) is 0 Å². The maximum Gasteiger partial charge on any atom is 0.338 e. The lowest BCUT2D eigenvalue weighted by atomic mass is 9.78. The Labute approximate surface area is 212 Å². The Morgan fingerprint density at radius 2 is 1.00 bits per heavy atom. The van der Waals surface area contributed by atoms with Gasteiger partial charge in [0.05, 0.1) is 11.1 Å². The third-order valence-electron chi connectivity index (χ3n) is 6.92. The molecule has 0 fully saturated rings. The topological polar surface area (TPSA) is 52.6 Å². The average Bonchev–Trinajstić information content (AvgIpc) is 2.87. The molecule has 2 aromatic rings. The molecule has 0 spiro atoms. The van der Waals surface area contributed by atoms with Gasteiger partial charge in [-0.3, -0.25) is 0 Å². The summed E-state index contributed by atoms with van der Waals surface area (Å²) in [5.41, 5.74) is 3.01. The lowest BCUT2D eigenvalue weighted by Crippen LogP contribution is -2.44. The molecule has 0 aromatic heterocycles. The van der Waals surface area contributed by atoms with Gasteiger partial charge in [0, 0.05) is 5.41 Å². The van der Waals surface area contributed by atoms with Crippen molar-refractivity contribution in [3.63, 3.8) is 0 Å². The van der Waals surface area contributed by atoms with Crippen LogP contribution >= 0.6 is 0 Å². The molecule has 0 amide bonds. The molecule has 2 unspecified atom stereocenters. The van der Waals surface area contributed by atoms with Crippen molar-refractivity contribution in [2.75, 3.05) is 0 Å². The fourth-order valence-corrected chi connectivity index (χ4v) is 4.50. The van der Waals surface area contributed by atoms with Crippen molar-refractivity contribution in [2.24, 2.45) is 5.41 Å². The molecule has 0 aliphatic heterocycles. The highest BCUT2D eigenvalue weighted by Gasteiger charge is 2.40. The number of ether oxygens (including phenoxy) is 2. The van der Waals surface area contributed by atoms with E-state index in [1.165, 1.54) is 11.1 Å². The maximum absolute atomic E-state index is 12.9. The summed E-state index contributed by atoms with van der Waals surface area (Å²) >= 11 is 0. The van der Waals surface area contributed by atoms with Crippen molar-refractivity contribution < 1.29 is 19.1 Å². The molecule has 0 heterocycles. The van der Waals surface area contributed by atoms with Crippen molar-refractivity contribution in [3.8, 4) is 0 Å². The van der Waals surface area contributed by atoms with Crippen molar-refractivity contribution >= 4 is 11.9 Å². The molecule has 0 radical (unpaired) electrons. The van der Waals surface area contributed by atoms with E-state index in [1.807, 2.05) is 76.2 Å². The highest BCUT2D eigenvalue weighted by molar-refractivity contribution is 5.90. The molecule has 0 saturated heterocycles. The SMILES string of the molecule is CCCCc1ccc(C(=O)OC(CC)C(C)(C)C(CC)OC(=O)c2ccc(CCCC)cc2)cc1. The number of hydrogen-bond acceptors (Lipinski definition) is 4. The van der Waals surface area contributed by atoms with Gasteiger partial charge in [-0.15, -0.1) is 0 Å². The van der Waals surface area contributed by atoms with Crippen LogP contribution in [-0.2, 0) is 22.3 Å². The van der Waals surface area contributed by atoms with Crippen LogP contribution in [0.2, 0.25) is 0 Å². The summed E-state index contributed by atoms with van der Waals surface area (Å²) in [6.45, 7) is 12.4. The summed E-state index contributed by atoms with van der Waals surface area (Å²) in [6.07, 6.45) is 7.08. The molecule has 35 heavy (non-hydrogen) atoms. The van der Waals surface area contributed by atoms with Crippen LogP contribution in [0.4, 0.5) is 0 Å². The molecule has 0 aliphatic carbocycles. The Balaban J connectivity index is 2.06. The highest BCUT2D eigenvalue weighted by Crippen LogP contribution is 2.35. The Morgan fingerprint density at radius 3 is 1.29 bits per heavy atom. The van der Waals surface area contributed by atoms with Gasteiger partial charge in [-0.25, -0.2) is 9.59 Å². The second-order valence-electron chi connectivity index (χ2n) is 10.0. The van der Waals surface area contributed by atoms with Gasteiger partial charge in [-0.2, -0.15) is 0 Å². The first-order chi connectivity index (χ1) is 16.8. The zero-order chi connectivity index (χ0) is 25.8. The van der Waals surface area contributed by atoms with Crippen LogP contribution in [0.1, 0.15) is 112 Å². The first-order valence-electron chi connectivity index (χ1n) is 13.4. The van der Waals surface area contributed by atoms with Gasteiger partial charge in [0.2, 0.25) is 0 Å². The number of esters is 2. The molecule has 0 bridgehead atoms. The lowest BCUT2D eigenvalue weighted by molar-refractivity contribution is -0.0740. The van der Waals surface area contributed by atoms with Gasteiger partial charge in [-0.05, 0) is 73.9 Å². The van der Waals surface area contributed by atoms with Crippen molar-refractivity contribution in [2.45, 2.75) is 105 Å². The van der Waals surface area contributed by atoms with Crippen LogP contribution in [0.3, 0.4) is 0 Å². The normalized spacial score (nSPS) is 13.2. The molecule has 192 valence electrons. The Kier molecular flexibility index (Phi) is 11.5. The van der Waals surface area contributed by atoms with Gasteiger partial charge in [0.15, 0.2) is 0 Å². The molecule has 2 rings (SSSR count). The number of carbonyl (C=O) groups excluding carboxylic acids is 2. The van der Waals surface area contributed by atoms with Gasteiger partial charge >= 0.3 is 11.9 Å². The van der Waals surface area contributed by atoms with Crippen LogP contribution in [0.15, 0.2) is 48.5 Å². The standard InChI is InChI=1S/C31H44O4/c1-7-11-13-23-15-19-25(20-16-23)29(32)34-27(9-3)31(5,6)28(10-4)35-30(33)26-21-17-24(18-22-26)14-12-8-2/h15-22,27-28H,7-14H2,1-6H3. The zero-order valence-corrected chi connectivity index (χ0v) is 22.6. The summed E-state index contributed by atoms with van der Waals surface area (Å²) < 4.78 is 11.9. The molecular weight excluding hydrogens is 436 g/mol. The van der Waals surface area contributed by atoms with E-state index < -0.39 is 5.41 Å². The molecule has 4 nitrogen and oxygen atoms in total. The predicted molar refractivity (Wildman–Crippen MR) is 143 cm³/mol. The van der Waals surface area contributed by atoms with E-state index in [0.717, 1.165) is 38.5 Å². The Bertz CT molecular complexity index is 837. The van der Waals surface area contributed by atoms with Gasteiger partial charge in [-0.1, -0.05) is 78.6 Å². The predicted octanol–water partition coefficient (Wildman–Crippen LogP) is 7.97. The van der Waals surface area contributed by atoms with Gasteiger partial charge in [0.25, 0.3) is 0 Å². The number of benzene rings is 2. The molecule has 4 heteroatoms. The smallest absolute Gasteiger partial charge is 0.338 e. The molecule has 0 N–H and O–H groups in total. The van der Waals surface area contributed by atoms with E-state index in [2.05, 4.69) is 13.8 Å². The quantitative estimate of drug-likeness (QED) is 0.257. The molecule has 0 aliphatic rings. The summed E-state index contributed by atoms with van der Waals surface area (Å²) in [4.78, 5) is 25.8. The number of carbonyl (C=O) groups is 2. The van der Waals surface area contributed by atoms with Crippen LogP contribution < -0.4 is 0 Å². The monoisotopic (exact) mass is 480 g/mol. The summed E-state index contributed by atoms with van der Waals surface area (Å²) in [5, 5.41) is 0.